The van der Waals surface area contributed by atoms with Crippen LogP contribution in [-0.2, 0) is 9.53 Å². The molecule has 1 atom stereocenters. The van der Waals surface area contributed by atoms with Gasteiger partial charge in [-0.05, 0) is 45.2 Å². The number of hydrogen-bond acceptors (Lipinski definition) is 7. The van der Waals surface area contributed by atoms with Crippen molar-refractivity contribution in [2.45, 2.75) is 52.7 Å². The van der Waals surface area contributed by atoms with Crippen LogP contribution in [0.5, 0.6) is 0 Å². The summed E-state index contributed by atoms with van der Waals surface area (Å²) in [5.74, 6) is -0.672. The van der Waals surface area contributed by atoms with E-state index in [1.54, 1.807) is 4.90 Å². The van der Waals surface area contributed by atoms with Gasteiger partial charge in [0, 0.05) is 37.4 Å². The fourth-order valence-corrected chi connectivity index (χ4v) is 3.73. The van der Waals surface area contributed by atoms with E-state index in [4.69, 9.17) is 9.26 Å². The maximum atomic E-state index is 12.3. The molecular weight excluding hydrogens is 424 g/mol. The second-order valence-electron chi connectivity index (χ2n) is 9.74. The molecule has 33 heavy (non-hydrogen) atoms. The lowest BCUT2D eigenvalue weighted by Crippen LogP contribution is -2.50. The van der Waals surface area contributed by atoms with Crippen LogP contribution in [0.1, 0.15) is 41.0 Å². The Hall–Kier alpha value is -3.23. The average Bonchev–Trinajstić information content (AvgIpc) is 3.20. The lowest BCUT2D eigenvalue weighted by atomic mass is 10.0. The van der Waals surface area contributed by atoms with Crippen LogP contribution in [0.2, 0.25) is 0 Å². The Morgan fingerprint density at radius 1 is 1.15 bits per heavy atom. The standard InChI is InChI=1S/C24H34N4O5/c1-16(2)14-19(22(29)30)25-20-15-32-26-21(20)17-6-8-18(9-7-17)27-10-12-28(13-11-27)23(31)33-24(3,4)5/h6-9,15-16,19,25H,10-14H2,1-5H3,(H,29,30). The number of anilines is 2. The molecule has 0 radical (unpaired) electrons. The van der Waals surface area contributed by atoms with Crippen molar-refractivity contribution in [3.8, 4) is 11.3 Å². The Labute approximate surface area is 194 Å². The van der Waals surface area contributed by atoms with Crippen LogP contribution >= 0.6 is 0 Å². The Bertz CT molecular complexity index is 941. The number of nitrogens with zero attached hydrogens (tertiary/aromatic N) is 3. The Morgan fingerprint density at radius 2 is 1.79 bits per heavy atom. The largest absolute Gasteiger partial charge is 0.480 e. The molecule has 0 aliphatic carbocycles. The summed E-state index contributed by atoms with van der Waals surface area (Å²) >= 11 is 0. The summed E-state index contributed by atoms with van der Waals surface area (Å²) in [4.78, 5) is 27.8. The summed E-state index contributed by atoms with van der Waals surface area (Å²) in [6.07, 6.45) is 1.66. The van der Waals surface area contributed by atoms with Crippen LogP contribution in [0.4, 0.5) is 16.2 Å². The van der Waals surface area contributed by atoms with Gasteiger partial charge in [-0.1, -0.05) is 31.1 Å². The summed E-state index contributed by atoms with van der Waals surface area (Å²) in [6, 6.07) is 7.16. The minimum absolute atomic E-state index is 0.233. The van der Waals surface area contributed by atoms with Crippen molar-refractivity contribution in [3.05, 3.63) is 30.5 Å². The van der Waals surface area contributed by atoms with Gasteiger partial charge >= 0.3 is 12.1 Å². The summed E-state index contributed by atoms with van der Waals surface area (Å²) in [5.41, 5.74) is 2.51. The van der Waals surface area contributed by atoms with Gasteiger partial charge in [-0.15, -0.1) is 0 Å². The van der Waals surface area contributed by atoms with Gasteiger partial charge in [-0.2, -0.15) is 0 Å². The normalized spacial score (nSPS) is 15.5. The number of hydrogen-bond donors (Lipinski definition) is 2. The second-order valence-corrected chi connectivity index (χ2v) is 9.74. The third kappa shape index (κ3) is 6.63. The molecule has 2 N–H and O–H groups in total. The number of carbonyl (C=O) groups is 2. The SMILES string of the molecule is CC(C)CC(Nc1conc1-c1ccc(N2CCN(C(=O)OC(C)(C)C)CC2)cc1)C(=O)O. The Balaban J connectivity index is 1.63. The van der Waals surface area contributed by atoms with Gasteiger partial charge < -0.3 is 29.5 Å². The number of rotatable bonds is 7. The fraction of sp³-hybridized carbons (Fsp3) is 0.542. The first-order valence-electron chi connectivity index (χ1n) is 11.3. The van der Waals surface area contributed by atoms with Crippen LogP contribution in [-0.4, -0.2) is 65.0 Å². The maximum absolute atomic E-state index is 12.3. The molecule has 2 aromatic rings. The molecule has 9 heteroatoms. The van der Waals surface area contributed by atoms with Gasteiger partial charge in [-0.25, -0.2) is 9.59 Å². The number of benzene rings is 1. The van der Waals surface area contributed by atoms with Crippen LogP contribution in [0.15, 0.2) is 35.1 Å². The van der Waals surface area contributed by atoms with Gasteiger partial charge in [0.2, 0.25) is 0 Å². The molecule has 1 aliphatic rings. The first-order valence-corrected chi connectivity index (χ1v) is 11.3. The molecule has 0 saturated carbocycles. The molecule has 2 heterocycles. The molecule has 1 amide bonds. The van der Waals surface area contributed by atoms with Crippen molar-refractivity contribution in [1.29, 1.82) is 0 Å². The summed E-state index contributed by atoms with van der Waals surface area (Å²) < 4.78 is 10.6. The maximum Gasteiger partial charge on any atom is 0.410 e. The van der Waals surface area contributed by atoms with Crippen LogP contribution in [0.3, 0.4) is 0 Å². The predicted octanol–water partition coefficient (Wildman–Crippen LogP) is 4.31. The Kier molecular flexibility index (Phi) is 7.50. The first kappa shape index (κ1) is 24.4. The van der Waals surface area contributed by atoms with Crippen molar-refractivity contribution in [2.75, 3.05) is 36.4 Å². The van der Waals surface area contributed by atoms with Crippen molar-refractivity contribution in [1.82, 2.24) is 10.1 Å². The minimum atomic E-state index is -0.906. The highest BCUT2D eigenvalue weighted by Gasteiger charge is 2.26. The molecule has 1 aromatic carbocycles. The molecule has 3 rings (SSSR count). The van der Waals surface area contributed by atoms with Gasteiger partial charge in [0.25, 0.3) is 0 Å². The molecule has 1 unspecified atom stereocenters. The van der Waals surface area contributed by atoms with Crippen molar-refractivity contribution in [3.63, 3.8) is 0 Å². The summed E-state index contributed by atoms with van der Waals surface area (Å²) in [6.45, 7) is 12.2. The number of amides is 1. The number of aromatic nitrogens is 1. The monoisotopic (exact) mass is 458 g/mol. The van der Waals surface area contributed by atoms with Crippen molar-refractivity contribution < 1.29 is 24.0 Å². The van der Waals surface area contributed by atoms with Crippen molar-refractivity contribution >= 4 is 23.4 Å². The molecule has 1 aliphatic heterocycles. The lowest BCUT2D eigenvalue weighted by Gasteiger charge is -2.36. The fourth-order valence-electron chi connectivity index (χ4n) is 3.73. The number of carbonyl (C=O) groups excluding carboxylic acids is 1. The molecule has 1 saturated heterocycles. The zero-order chi connectivity index (χ0) is 24.2. The van der Waals surface area contributed by atoms with Crippen molar-refractivity contribution in [2.24, 2.45) is 5.92 Å². The number of nitrogens with one attached hydrogen (secondary N) is 1. The van der Waals surface area contributed by atoms with E-state index in [-0.39, 0.29) is 12.0 Å². The van der Waals surface area contributed by atoms with Crippen LogP contribution in [0.25, 0.3) is 11.3 Å². The van der Waals surface area contributed by atoms with E-state index in [1.807, 2.05) is 58.9 Å². The molecule has 9 nitrogen and oxygen atoms in total. The molecular formula is C24H34N4O5. The van der Waals surface area contributed by atoms with Gasteiger partial charge in [0.1, 0.15) is 29.3 Å². The zero-order valence-electron chi connectivity index (χ0n) is 20.0. The van der Waals surface area contributed by atoms with E-state index >= 15 is 0 Å². The highest BCUT2D eigenvalue weighted by Crippen LogP contribution is 2.30. The highest BCUT2D eigenvalue weighted by molar-refractivity contribution is 5.81. The molecule has 0 spiro atoms. The van der Waals surface area contributed by atoms with Gasteiger partial charge in [0.05, 0.1) is 0 Å². The quantitative estimate of drug-likeness (QED) is 0.632. The average molecular weight is 459 g/mol. The van der Waals surface area contributed by atoms with E-state index in [0.29, 0.717) is 44.0 Å². The minimum Gasteiger partial charge on any atom is -0.480 e. The predicted molar refractivity (Wildman–Crippen MR) is 126 cm³/mol. The summed E-state index contributed by atoms with van der Waals surface area (Å²) in [7, 11) is 0. The van der Waals surface area contributed by atoms with Crippen LogP contribution < -0.4 is 10.2 Å². The second kappa shape index (κ2) is 10.1. The molecule has 1 aromatic heterocycles. The smallest absolute Gasteiger partial charge is 0.410 e. The number of carboxylic acids is 1. The molecule has 1 fully saturated rings. The summed E-state index contributed by atoms with van der Waals surface area (Å²) in [5, 5.41) is 16.6. The van der Waals surface area contributed by atoms with Crippen LogP contribution in [0, 0.1) is 5.92 Å². The topological polar surface area (TPSA) is 108 Å². The first-order chi connectivity index (χ1) is 15.5. The van der Waals surface area contributed by atoms with E-state index in [2.05, 4.69) is 15.4 Å². The Morgan fingerprint density at radius 3 is 2.33 bits per heavy atom. The zero-order valence-corrected chi connectivity index (χ0v) is 20.0. The van der Waals surface area contributed by atoms with Gasteiger partial charge in [-0.3, -0.25) is 0 Å². The number of piperazine rings is 1. The van der Waals surface area contributed by atoms with E-state index < -0.39 is 17.6 Å². The van der Waals surface area contributed by atoms with E-state index in [1.165, 1.54) is 6.26 Å². The van der Waals surface area contributed by atoms with Gasteiger partial charge in [0.15, 0.2) is 0 Å². The third-order valence-electron chi connectivity index (χ3n) is 5.34. The third-order valence-corrected chi connectivity index (χ3v) is 5.34. The number of ether oxygens (including phenoxy) is 1. The molecule has 0 bridgehead atoms. The van der Waals surface area contributed by atoms with E-state index in [9.17, 15) is 14.7 Å². The number of carboxylic acid groups (broad SMARTS) is 1. The highest BCUT2D eigenvalue weighted by atomic mass is 16.6. The van der Waals surface area contributed by atoms with E-state index in [0.717, 1.165) is 11.3 Å². The number of aliphatic carboxylic acids is 1. The molecule has 180 valence electrons. The lowest BCUT2D eigenvalue weighted by molar-refractivity contribution is -0.138.